The molecule has 0 saturated carbocycles. The van der Waals surface area contributed by atoms with Gasteiger partial charge in [0.05, 0.1) is 79.3 Å². The summed E-state index contributed by atoms with van der Waals surface area (Å²) in [5, 5.41) is 17.2. The summed E-state index contributed by atoms with van der Waals surface area (Å²) in [6.07, 6.45) is 7.83. The molecule has 410 valence electrons. The molecule has 76 heavy (non-hydrogen) atoms. The lowest BCUT2D eigenvalue weighted by Crippen LogP contribution is -2.28. The van der Waals surface area contributed by atoms with E-state index in [-0.39, 0.29) is 18.6 Å². The standard InChI is InChI=1S/C14H20O2.C13H20O2.C12H14O2.C11H14O2.C10H14.C8H8/c1-3-11(2)13-6-4-12(5-7-13)8-15-9-14-10-16-14;1-3-13(2,11-15-10-9-14)12-7-5-4-6-8-12;1-2-10-3-5-11(6-4-10)7-13-8-12-9-14-12;1-10(9-13-8-7-12)11-5-3-2-4-6-11;1-3-9(2)10-7-5-4-6-8-10;1-2-8-6-4-3-5-7-8/h4-7,11,14H,3,8-10H2,1-2H3;4-8,14H,3,9-11H2,1-2H3;2-6,12H,1,7-9H2;2-6,12H,1,7-9H2;4-9H,3H2,1-2H3;2-7H,1H2. The Morgan fingerprint density at radius 3 is 1.39 bits per heavy atom. The molecule has 8 nitrogen and oxygen atoms in total. The average molecular weight is 1040 g/mol. The van der Waals surface area contributed by atoms with E-state index in [4.69, 9.17) is 38.6 Å². The van der Waals surface area contributed by atoms with Gasteiger partial charge in [-0.05, 0) is 81.2 Å². The first-order valence-corrected chi connectivity index (χ1v) is 27.1. The molecule has 0 spiro atoms. The largest absolute Gasteiger partial charge is 0.394 e. The van der Waals surface area contributed by atoms with Crippen LogP contribution in [0.2, 0.25) is 0 Å². The van der Waals surface area contributed by atoms with Crippen LogP contribution in [0.4, 0.5) is 0 Å². The Labute approximate surface area is 458 Å². The molecule has 2 fully saturated rings. The highest BCUT2D eigenvalue weighted by atomic mass is 16.6. The molecule has 2 heterocycles. The maximum Gasteiger partial charge on any atom is 0.104 e. The molecular formula is C68H90O8. The summed E-state index contributed by atoms with van der Waals surface area (Å²) < 4.78 is 31.7. The second kappa shape index (κ2) is 39.6. The average Bonchev–Trinajstić information content (AvgIpc) is 4.45. The maximum atomic E-state index is 8.68. The van der Waals surface area contributed by atoms with Crippen molar-refractivity contribution in [1.82, 2.24) is 0 Å². The fourth-order valence-corrected chi connectivity index (χ4v) is 7.09. The van der Waals surface area contributed by atoms with Crippen molar-refractivity contribution in [3.63, 3.8) is 0 Å². The van der Waals surface area contributed by atoms with Crippen LogP contribution in [0.3, 0.4) is 0 Å². The minimum Gasteiger partial charge on any atom is -0.394 e. The summed E-state index contributed by atoms with van der Waals surface area (Å²) in [7, 11) is 0. The molecule has 2 aliphatic heterocycles. The van der Waals surface area contributed by atoms with Gasteiger partial charge in [-0.25, -0.2) is 0 Å². The van der Waals surface area contributed by atoms with E-state index < -0.39 is 0 Å². The number of hydrogen-bond donors (Lipinski definition) is 2. The second-order valence-corrected chi connectivity index (χ2v) is 19.1. The lowest BCUT2D eigenvalue weighted by molar-refractivity contribution is 0.0583. The van der Waals surface area contributed by atoms with Gasteiger partial charge in [0, 0.05) is 5.41 Å². The fraction of sp³-hybridized carbons (Fsp3) is 0.382. The topological polar surface area (TPSA) is 102 Å². The van der Waals surface area contributed by atoms with Crippen LogP contribution in [0.5, 0.6) is 0 Å². The second-order valence-electron chi connectivity index (χ2n) is 19.1. The van der Waals surface area contributed by atoms with Gasteiger partial charge in [-0.2, -0.15) is 0 Å². The molecule has 6 aromatic carbocycles. The number of aliphatic hydroxyl groups excluding tert-OH is 2. The van der Waals surface area contributed by atoms with E-state index in [1.807, 2.05) is 91.0 Å². The summed E-state index contributed by atoms with van der Waals surface area (Å²) in [6.45, 7) is 31.1. The van der Waals surface area contributed by atoms with Crippen LogP contribution in [0, 0.1) is 0 Å². The third-order valence-electron chi connectivity index (χ3n) is 12.9. The predicted molar refractivity (Wildman–Crippen MR) is 318 cm³/mol. The molecule has 2 aliphatic rings. The van der Waals surface area contributed by atoms with Crippen LogP contribution in [0.15, 0.2) is 190 Å². The molecular weight excluding hydrogens is 945 g/mol. The van der Waals surface area contributed by atoms with E-state index in [0.717, 1.165) is 42.9 Å². The Bertz CT molecular complexity index is 2350. The van der Waals surface area contributed by atoms with Gasteiger partial charge in [-0.3, -0.25) is 0 Å². The highest BCUT2D eigenvalue weighted by Gasteiger charge is 2.25. The number of ether oxygens (including phenoxy) is 6. The normalized spacial score (nSPS) is 15.2. The molecule has 8 rings (SSSR count). The number of benzene rings is 6. The highest BCUT2D eigenvalue weighted by Crippen LogP contribution is 2.27. The van der Waals surface area contributed by atoms with E-state index in [9.17, 15) is 0 Å². The Morgan fingerprint density at radius 1 is 0.566 bits per heavy atom. The molecule has 0 radical (unpaired) electrons. The summed E-state index contributed by atoms with van der Waals surface area (Å²) in [5.74, 6) is 1.36. The van der Waals surface area contributed by atoms with Crippen LogP contribution in [0.25, 0.3) is 17.7 Å². The number of rotatable bonds is 25. The van der Waals surface area contributed by atoms with Crippen LogP contribution in [-0.4, -0.2) is 88.5 Å². The molecule has 2 saturated heterocycles. The lowest BCUT2D eigenvalue weighted by atomic mass is 9.81. The first-order chi connectivity index (χ1) is 37.0. The summed E-state index contributed by atoms with van der Waals surface area (Å²) >= 11 is 0. The van der Waals surface area contributed by atoms with Crippen molar-refractivity contribution in [3.8, 4) is 0 Å². The van der Waals surface area contributed by atoms with Gasteiger partial charge in [-0.15, -0.1) is 0 Å². The van der Waals surface area contributed by atoms with E-state index in [1.165, 1.54) is 46.2 Å². The minimum absolute atomic E-state index is 0.0520. The molecule has 0 aromatic heterocycles. The molecule has 5 unspecified atom stereocenters. The van der Waals surface area contributed by atoms with Crippen LogP contribution in [0.1, 0.15) is 117 Å². The van der Waals surface area contributed by atoms with Crippen molar-refractivity contribution in [3.05, 3.63) is 234 Å². The Balaban J connectivity index is 0.000000243. The quantitative estimate of drug-likeness (QED) is 0.0432. The van der Waals surface area contributed by atoms with Crippen molar-refractivity contribution in [2.45, 2.75) is 103 Å². The summed E-state index contributed by atoms with van der Waals surface area (Å²) in [4.78, 5) is 0. The van der Waals surface area contributed by atoms with Crippen LogP contribution >= 0.6 is 0 Å². The van der Waals surface area contributed by atoms with Crippen LogP contribution in [-0.2, 0) is 47.0 Å². The van der Waals surface area contributed by atoms with E-state index in [0.29, 0.717) is 70.3 Å². The molecule has 5 atom stereocenters. The van der Waals surface area contributed by atoms with Gasteiger partial charge in [0.2, 0.25) is 0 Å². The van der Waals surface area contributed by atoms with Crippen molar-refractivity contribution in [2.24, 2.45) is 0 Å². The van der Waals surface area contributed by atoms with Crippen molar-refractivity contribution >= 4 is 17.7 Å². The van der Waals surface area contributed by atoms with Crippen molar-refractivity contribution in [1.29, 1.82) is 0 Å². The van der Waals surface area contributed by atoms with Gasteiger partial charge in [0.15, 0.2) is 0 Å². The zero-order valence-electron chi connectivity index (χ0n) is 46.7. The van der Waals surface area contributed by atoms with E-state index in [2.05, 4.69) is 152 Å². The van der Waals surface area contributed by atoms with Crippen molar-refractivity contribution in [2.75, 3.05) is 66.1 Å². The Morgan fingerprint density at radius 2 is 0.974 bits per heavy atom. The highest BCUT2D eigenvalue weighted by molar-refractivity contribution is 5.63. The van der Waals surface area contributed by atoms with Crippen molar-refractivity contribution < 1.29 is 38.6 Å². The first kappa shape index (κ1) is 64.5. The van der Waals surface area contributed by atoms with E-state index in [1.54, 1.807) is 0 Å². The molecule has 0 bridgehead atoms. The van der Waals surface area contributed by atoms with Gasteiger partial charge < -0.3 is 38.6 Å². The lowest BCUT2D eigenvalue weighted by Gasteiger charge is -2.28. The molecule has 2 N–H and O–H groups in total. The zero-order chi connectivity index (χ0) is 55.1. The van der Waals surface area contributed by atoms with Crippen LogP contribution < -0.4 is 0 Å². The minimum atomic E-state index is 0.0520. The SMILES string of the molecule is C=C(COCCO)c1ccccc1.C=Cc1ccc(COCC2CO2)cc1.C=Cc1ccccc1.CCC(C)(COCCO)c1ccccc1.CCC(C)c1ccc(COCC2CO2)cc1.CCC(C)c1ccccc1. The molecule has 8 heteroatoms. The number of hydrogen-bond acceptors (Lipinski definition) is 8. The molecule has 0 amide bonds. The first-order valence-electron chi connectivity index (χ1n) is 27.1. The van der Waals surface area contributed by atoms with Gasteiger partial charge in [-0.1, -0.05) is 243 Å². The third-order valence-corrected chi connectivity index (χ3v) is 12.9. The number of aliphatic hydroxyl groups is 2. The number of epoxide rings is 2. The zero-order valence-corrected chi connectivity index (χ0v) is 46.7. The molecule has 6 aromatic rings. The predicted octanol–water partition coefficient (Wildman–Crippen LogP) is 15.0. The van der Waals surface area contributed by atoms with Gasteiger partial charge in [0.25, 0.3) is 0 Å². The fourth-order valence-electron chi connectivity index (χ4n) is 7.09. The summed E-state index contributed by atoms with van der Waals surface area (Å²) in [5.41, 5.74) is 11.0. The maximum absolute atomic E-state index is 8.68. The smallest absolute Gasteiger partial charge is 0.104 e. The monoisotopic (exact) mass is 1030 g/mol. The Kier molecular flexibility index (Phi) is 33.6. The van der Waals surface area contributed by atoms with Gasteiger partial charge in [0.1, 0.15) is 12.2 Å². The van der Waals surface area contributed by atoms with Gasteiger partial charge >= 0.3 is 0 Å². The molecule has 0 aliphatic carbocycles. The third kappa shape index (κ3) is 28.4. The Hall–Kier alpha value is -5.78. The summed E-state index contributed by atoms with van der Waals surface area (Å²) in [6, 6.07) is 57.9. The van der Waals surface area contributed by atoms with E-state index >= 15 is 0 Å².